The lowest BCUT2D eigenvalue weighted by Crippen LogP contribution is -2.27. The molecule has 0 radical (unpaired) electrons. The number of benzene rings is 1. The molecule has 3 aromatic rings. The molecule has 3 rings (SSSR count). The summed E-state index contributed by atoms with van der Waals surface area (Å²) in [5.41, 5.74) is 2.52. The normalized spacial score (nSPS) is 11.6. The van der Waals surface area contributed by atoms with Crippen molar-refractivity contribution in [1.82, 2.24) is 14.7 Å². The van der Waals surface area contributed by atoms with Gasteiger partial charge in [0.2, 0.25) is 0 Å². The Morgan fingerprint density at radius 3 is 2.64 bits per heavy atom. The van der Waals surface area contributed by atoms with Gasteiger partial charge in [-0.25, -0.2) is 0 Å². The summed E-state index contributed by atoms with van der Waals surface area (Å²) >= 11 is 1.85. The van der Waals surface area contributed by atoms with Crippen LogP contribution >= 0.6 is 11.3 Å². The highest BCUT2D eigenvalue weighted by molar-refractivity contribution is 7.15. The topological polar surface area (TPSA) is 21.1 Å². The van der Waals surface area contributed by atoms with Gasteiger partial charge in [-0.1, -0.05) is 26.0 Å². The van der Waals surface area contributed by atoms with E-state index in [1.165, 1.54) is 26.2 Å². The molecule has 0 fully saturated rings. The number of hydrogen-bond donors (Lipinski definition) is 0. The van der Waals surface area contributed by atoms with Crippen LogP contribution in [0.4, 0.5) is 0 Å². The number of thiophene rings is 1. The van der Waals surface area contributed by atoms with Crippen molar-refractivity contribution in [2.45, 2.75) is 27.3 Å². The summed E-state index contributed by atoms with van der Waals surface area (Å²) in [6.07, 6.45) is 1.97. The van der Waals surface area contributed by atoms with E-state index < -0.39 is 0 Å². The van der Waals surface area contributed by atoms with Crippen LogP contribution in [0.2, 0.25) is 0 Å². The van der Waals surface area contributed by atoms with Gasteiger partial charge in [0, 0.05) is 21.7 Å². The van der Waals surface area contributed by atoms with Crippen LogP contribution in [0.25, 0.3) is 21.3 Å². The predicted molar refractivity (Wildman–Crippen MR) is 95.6 cm³/mol. The SMILES string of the molecule is CCN(CC)CCn1ncc2ccc(-c3ccc(C)s3)cc21. The first-order valence-electron chi connectivity index (χ1n) is 7.96. The van der Waals surface area contributed by atoms with Crippen molar-refractivity contribution >= 4 is 22.2 Å². The van der Waals surface area contributed by atoms with E-state index >= 15 is 0 Å². The molecule has 0 spiro atoms. The lowest BCUT2D eigenvalue weighted by Gasteiger charge is -2.17. The number of aromatic nitrogens is 2. The Morgan fingerprint density at radius 1 is 1.14 bits per heavy atom. The minimum absolute atomic E-state index is 0.943. The molecule has 0 aliphatic rings. The van der Waals surface area contributed by atoms with Crippen LogP contribution in [-0.4, -0.2) is 34.3 Å². The predicted octanol–water partition coefficient (Wildman–Crippen LogP) is 4.42. The maximum atomic E-state index is 4.57. The fourth-order valence-electron chi connectivity index (χ4n) is 2.77. The molecule has 0 aliphatic carbocycles. The third-order valence-corrected chi connectivity index (χ3v) is 5.24. The minimum atomic E-state index is 0.943. The molecule has 116 valence electrons. The summed E-state index contributed by atoms with van der Waals surface area (Å²) in [5.74, 6) is 0. The summed E-state index contributed by atoms with van der Waals surface area (Å²) in [6, 6.07) is 11.0. The third kappa shape index (κ3) is 3.08. The van der Waals surface area contributed by atoms with Crippen molar-refractivity contribution in [3.63, 3.8) is 0 Å². The van der Waals surface area contributed by atoms with Crippen LogP contribution in [-0.2, 0) is 6.54 Å². The lowest BCUT2D eigenvalue weighted by atomic mass is 10.1. The summed E-state index contributed by atoms with van der Waals surface area (Å²) in [4.78, 5) is 5.11. The highest BCUT2D eigenvalue weighted by atomic mass is 32.1. The Morgan fingerprint density at radius 2 is 1.95 bits per heavy atom. The van der Waals surface area contributed by atoms with Gasteiger partial charge in [0.1, 0.15) is 0 Å². The largest absolute Gasteiger partial charge is 0.302 e. The molecule has 0 saturated heterocycles. The first-order valence-corrected chi connectivity index (χ1v) is 8.77. The molecule has 2 aromatic heterocycles. The van der Waals surface area contributed by atoms with Crippen molar-refractivity contribution < 1.29 is 0 Å². The van der Waals surface area contributed by atoms with E-state index in [9.17, 15) is 0 Å². The molecular formula is C18H23N3S. The molecule has 1 aromatic carbocycles. The smallest absolute Gasteiger partial charge is 0.0689 e. The lowest BCUT2D eigenvalue weighted by molar-refractivity contribution is 0.287. The van der Waals surface area contributed by atoms with E-state index in [1.54, 1.807) is 0 Å². The van der Waals surface area contributed by atoms with E-state index in [4.69, 9.17) is 0 Å². The highest BCUT2D eigenvalue weighted by Gasteiger charge is 2.08. The van der Waals surface area contributed by atoms with Crippen molar-refractivity contribution in [3.8, 4) is 10.4 Å². The summed E-state index contributed by atoms with van der Waals surface area (Å²) in [6.45, 7) is 10.7. The zero-order chi connectivity index (χ0) is 15.5. The molecule has 0 amide bonds. The maximum Gasteiger partial charge on any atom is 0.0689 e. The van der Waals surface area contributed by atoms with Crippen LogP contribution in [0, 0.1) is 6.92 Å². The van der Waals surface area contributed by atoms with E-state index in [1.807, 2.05) is 17.5 Å². The first-order chi connectivity index (χ1) is 10.7. The Kier molecular flexibility index (Phi) is 4.60. The molecule has 0 bridgehead atoms. The van der Waals surface area contributed by atoms with Gasteiger partial charge in [-0.05, 0) is 43.8 Å². The van der Waals surface area contributed by atoms with E-state index in [0.29, 0.717) is 0 Å². The zero-order valence-electron chi connectivity index (χ0n) is 13.5. The van der Waals surface area contributed by atoms with Crippen molar-refractivity contribution in [3.05, 3.63) is 41.4 Å². The molecule has 0 aliphatic heterocycles. The Hall–Kier alpha value is -1.65. The van der Waals surface area contributed by atoms with Crippen LogP contribution in [0.1, 0.15) is 18.7 Å². The number of rotatable bonds is 6. The molecule has 0 N–H and O–H groups in total. The molecular weight excluding hydrogens is 290 g/mol. The Bertz CT molecular complexity index is 753. The van der Waals surface area contributed by atoms with Crippen molar-refractivity contribution in [2.24, 2.45) is 0 Å². The second kappa shape index (κ2) is 6.63. The average molecular weight is 313 g/mol. The number of aryl methyl sites for hydroxylation is 1. The maximum absolute atomic E-state index is 4.57. The molecule has 0 saturated carbocycles. The van der Waals surface area contributed by atoms with Gasteiger partial charge < -0.3 is 4.90 Å². The van der Waals surface area contributed by atoms with Gasteiger partial charge in [-0.3, -0.25) is 4.68 Å². The fourth-order valence-corrected chi connectivity index (χ4v) is 3.63. The molecule has 0 unspecified atom stereocenters. The van der Waals surface area contributed by atoms with Crippen LogP contribution in [0.15, 0.2) is 36.5 Å². The fraction of sp³-hybridized carbons (Fsp3) is 0.389. The van der Waals surface area contributed by atoms with Gasteiger partial charge in [0.05, 0.1) is 18.3 Å². The average Bonchev–Trinajstić information content (AvgIpc) is 3.14. The quantitative estimate of drug-likeness (QED) is 0.672. The molecule has 2 heterocycles. The molecule has 0 atom stereocenters. The standard InChI is InChI=1S/C18H23N3S/c1-4-20(5-2)10-11-21-17-12-15(7-8-16(17)13-19-21)18-9-6-14(3)22-18/h6-9,12-13H,4-5,10-11H2,1-3H3. The van der Waals surface area contributed by atoms with E-state index in [2.05, 4.69) is 65.8 Å². The van der Waals surface area contributed by atoms with Gasteiger partial charge in [-0.2, -0.15) is 5.10 Å². The number of fused-ring (bicyclic) bond motifs is 1. The number of likely N-dealkylation sites (N-methyl/N-ethyl adjacent to an activating group) is 1. The van der Waals surface area contributed by atoms with Gasteiger partial charge in [-0.15, -0.1) is 11.3 Å². The summed E-state index contributed by atoms with van der Waals surface area (Å²) in [5, 5.41) is 5.79. The van der Waals surface area contributed by atoms with Gasteiger partial charge in [0.15, 0.2) is 0 Å². The zero-order valence-corrected chi connectivity index (χ0v) is 14.4. The first kappa shape index (κ1) is 15.3. The van der Waals surface area contributed by atoms with E-state index in [-0.39, 0.29) is 0 Å². The van der Waals surface area contributed by atoms with Crippen molar-refractivity contribution in [2.75, 3.05) is 19.6 Å². The monoisotopic (exact) mass is 313 g/mol. The summed E-state index contributed by atoms with van der Waals surface area (Å²) in [7, 11) is 0. The second-order valence-electron chi connectivity index (χ2n) is 5.58. The summed E-state index contributed by atoms with van der Waals surface area (Å²) < 4.78 is 2.14. The highest BCUT2D eigenvalue weighted by Crippen LogP contribution is 2.30. The van der Waals surface area contributed by atoms with Crippen molar-refractivity contribution in [1.29, 1.82) is 0 Å². The molecule has 4 heteroatoms. The second-order valence-corrected chi connectivity index (χ2v) is 6.87. The van der Waals surface area contributed by atoms with Crippen LogP contribution < -0.4 is 0 Å². The van der Waals surface area contributed by atoms with E-state index in [0.717, 1.165) is 26.2 Å². The van der Waals surface area contributed by atoms with Gasteiger partial charge in [0.25, 0.3) is 0 Å². The van der Waals surface area contributed by atoms with Gasteiger partial charge >= 0.3 is 0 Å². The number of nitrogens with zero attached hydrogens (tertiary/aromatic N) is 3. The third-order valence-electron chi connectivity index (χ3n) is 4.19. The number of hydrogen-bond acceptors (Lipinski definition) is 3. The minimum Gasteiger partial charge on any atom is -0.302 e. The molecule has 3 nitrogen and oxygen atoms in total. The van der Waals surface area contributed by atoms with Crippen LogP contribution in [0.3, 0.4) is 0 Å². The Labute approximate surface area is 136 Å². The Balaban J connectivity index is 1.88. The van der Waals surface area contributed by atoms with Crippen LogP contribution in [0.5, 0.6) is 0 Å². The molecule has 22 heavy (non-hydrogen) atoms.